The van der Waals surface area contributed by atoms with Gasteiger partial charge < -0.3 is 10.2 Å². The summed E-state index contributed by atoms with van der Waals surface area (Å²) in [4.78, 5) is 66.7. The molecule has 0 aromatic rings. The third-order valence-corrected chi connectivity index (χ3v) is 2.03. The second-order valence-electron chi connectivity index (χ2n) is 3.53. The Bertz CT molecular complexity index is 563. The zero-order valence-corrected chi connectivity index (χ0v) is 11.3. The van der Waals surface area contributed by atoms with E-state index < -0.39 is 29.7 Å². The number of hydrogen-bond donors (Lipinski definition) is 2. The predicted octanol–water partition coefficient (Wildman–Crippen LogP) is -1.07. The fourth-order valence-corrected chi connectivity index (χ4v) is 1.13. The van der Waals surface area contributed by atoms with Crippen LogP contribution in [0.2, 0.25) is 0 Å². The van der Waals surface area contributed by atoms with Gasteiger partial charge in [-0.1, -0.05) is 6.92 Å². The van der Waals surface area contributed by atoms with Gasteiger partial charge in [0.15, 0.2) is 0 Å². The van der Waals surface area contributed by atoms with Crippen LogP contribution >= 0.6 is 0 Å². The van der Waals surface area contributed by atoms with Gasteiger partial charge in [0.2, 0.25) is 12.3 Å². The first-order valence-electron chi connectivity index (χ1n) is 5.71. The van der Waals surface area contributed by atoms with E-state index in [4.69, 9.17) is 10.2 Å². The first kappa shape index (κ1) is 18.7. The maximum Gasteiger partial charge on any atom is 0.328 e. The van der Waals surface area contributed by atoms with Crippen LogP contribution in [0.5, 0.6) is 0 Å². The van der Waals surface area contributed by atoms with E-state index in [1.54, 1.807) is 0 Å². The maximum atomic E-state index is 11.8. The highest BCUT2D eigenvalue weighted by Gasteiger charge is 2.28. The molecule has 0 spiro atoms. The Morgan fingerprint density at radius 2 is 1.32 bits per heavy atom. The van der Waals surface area contributed by atoms with Crippen LogP contribution in [0.4, 0.5) is 0 Å². The van der Waals surface area contributed by atoms with Gasteiger partial charge in [0, 0.05) is 30.7 Å². The lowest BCUT2D eigenvalue weighted by atomic mass is 10.3. The van der Waals surface area contributed by atoms with Gasteiger partial charge in [-0.3, -0.25) is 19.2 Å². The fraction of sp³-hybridized carbons (Fsp3) is 0.167. The molecule has 0 saturated carbocycles. The molecule has 0 aliphatic carbocycles. The molecule has 0 unspecified atom stereocenters. The Hall–Kier alpha value is -3.30. The fourth-order valence-electron chi connectivity index (χ4n) is 1.13. The van der Waals surface area contributed by atoms with Crippen molar-refractivity contribution in [2.75, 3.05) is 0 Å². The van der Waals surface area contributed by atoms with Crippen LogP contribution in [0.3, 0.4) is 0 Å². The van der Waals surface area contributed by atoms with Crippen molar-refractivity contribution in [2.24, 2.45) is 0 Å². The Labute approximate surface area is 123 Å². The third-order valence-electron chi connectivity index (χ3n) is 2.03. The highest BCUT2D eigenvalue weighted by atomic mass is 16.4. The van der Waals surface area contributed by atoms with Gasteiger partial charge in [-0.2, -0.15) is 10.0 Å². The van der Waals surface area contributed by atoms with Crippen LogP contribution in [0, 0.1) is 0 Å². The molecule has 0 atom stereocenters. The second kappa shape index (κ2) is 8.79. The topological polar surface area (TPSA) is 149 Å². The quantitative estimate of drug-likeness (QED) is 0.358. The van der Waals surface area contributed by atoms with Crippen LogP contribution in [0.15, 0.2) is 24.3 Å². The zero-order chi connectivity index (χ0) is 17.3. The van der Waals surface area contributed by atoms with Crippen molar-refractivity contribution in [3.05, 3.63) is 24.3 Å². The standard InChI is InChI=1S/C12H12N2O8/c1-2-8(16)14(10(18)4-6-12(21)22)13(7-15)9(17)3-5-11(19)20/h3-7H,2H2,1H3,(H,19,20)(H,21,22)/b5-3-,6-4-. The number of carboxylic acid groups (broad SMARTS) is 2. The Balaban J connectivity index is 5.54. The molecule has 0 aromatic carbocycles. The molecular weight excluding hydrogens is 300 g/mol. The van der Waals surface area contributed by atoms with Crippen molar-refractivity contribution in [2.45, 2.75) is 13.3 Å². The van der Waals surface area contributed by atoms with Crippen molar-refractivity contribution >= 4 is 36.1 Å². The van der Waals surface area contributed by atoms with Crippen LogP contribution in [-0.4, -0.2) is 56.3 Å². The summed E-state index contributed by atoms with van der Waals surface area (Å²) in [5.74, 6) is -6.45. The van der Waals surface area contributed by atoms with Gasteiger partial charge in [0.1, 0.15) is 0 Å². The smallest absolute Gasteiger partial charge is 0.328 e. The lowest BCUT2D eigenvalue weighted by Crippen LogP contribution is -2.51. The van der Waals surface area contributed by atoms with Crippen LogP contribution in [-0.2, 0) is 28.8 Å². The first-order valence-corrected chi connectivity index (χ1v) is 5.71. The van der Waals surface area contributed by atoms with Gasteiger partial charge >= 0.3 is 11.9 Å². The number of hydrazine groups is 1. The zero-order valence-electron chi connectivity index (χ0n) is 11.3. The molecule has 0 heterocycles. The molecule has 0 saturated heterocycles. The van der Waals surface area contributed by atoms with Gasteiger partial charge in [-0.15, -0.1) is 0 Å². The number of nitrogens with zero attached hydrogens (tertiary/aromatic N) is 2. The number of rotatable bonds is 6. The summed E-state index contributed by atoms with van der Waals surface area (Å²) < 4.78 is 0. The first-order chi connectivity index (χ1) is 10.2. The van der Waals surface area contributed by atoms with E-state index in [1.807, 2.05) is 0 Å². The lowest BCUT2D eigenvalue weighted by Gasteiger charge is -2.26. The molecule has 0 radical (unpaired) electrons. The minimum absolute atomic E-state index is 0.0415. The normalized spacial score (nSPS) is 10.4. The summed E-state index contributed by atoms with van der Waals surface area (Å²) in [5, 5.41) is 17.0. The van der Waals surface area contributed by atoms with Crippen molar-refractivity contribution in [1.29, 1.82) is 0 Å². The molecule has 22 heavy (non-hydrogen) atoms. The van der Waals surface area contributed by atoms with E-state index >= 15 is 0 Å². The molecule has 118 valence electrons. The molecule has 0 aromatic heterocycles. The van der Waals surface area contributed by atoms with E-state index in [0.717, 1.165) is 0 Å². The largest absolute Gasteiger partial charge is 0.478 e. The summed E-state index contributed by atoms with van der Waals surface area (Å²) in [6.45, 7) is 1.34. The predicted molar refractivity (Wildman–Crippen MR) is 68.6 cm³/mol. The van der Waals surface area contributed by atoms with E-state index in [0.29, 0.717) is 24.3 Å². The van der Waals surface area contributed by atoms with Gasteiger partial charge in [0.25, 0.3) is 11.8 Å². The van der Waals surface area contributed by atoms with Gasteiger partial charge in [0.05, 0.1) is 0 Å². The monoisotopic (exact) mass is 312 g/mol. The average Bonchev–Trinajstić information content (AvgIpc) is 2.46. The number of carboxylic acids is 2. The van der Waals surface area contributed by atoms with Crippen molar-refractivity contribution < 1.29 is 39.0 Å². The van der Waals surface area contributed by atoms with Crippen LogP contribution in [0.1, 0.15) is 13.3 Å². The van der Waals surface area contributed by atoms with Crippen molar-refractivity contribution in [3.8, 4) is 0 Å². The lowest BCUT2D eigenvalue weighted by molar-refractivity contribution is -0.171. The highest BCUT2D eigenvalue weighted by molar-refractivity contribution is 6.08. The highest BCUT2D eigenvalue weighted by Crippen LogP contribution is 2.04. The van der Waals surface area contributed by atoms with E-state index in [-0.39, 0.29) is 22.8 Å². The summed E-state index contributed by atoms with van der Waals surface area (Å²) in [7, 11) is 0. The summed E-state index contributed by atoms with van der Waals surface area (Å²) >= 11 is 0. The summed E-state index contributed by atoms with van der Waals surface area (Å²) in [6, 6.07) is 0. The van der Waals surface area contributed by atoms with Gasteiger partial charge in [-0.25, -0.2) is 9.59 Å². The van der Waals surface area contributed by atoms with Crippen molar-refractivity contribution in [3.63, 3.8) is 0 Å². The summed E-state index contributed by atoms with van der Waals surface area (Å²) in [5.41, 5.74) is 0. The molecule has 4 amide bonds. The molecule has 0 rings (SSSR count). The molecule has 0 aliphatic rings. The van der Waals surface area contributed by atoms with E-state index in [2.05, 4.69) is 0 Å². The molecule has 0 fully saturated rings. The van der Waals surface area contributed by atoms with Gasteiger partial charge in [-0.05, 0) is 0 Å². The SMILES string of the molecule is CCC(=O)N(C(=O)/C=C\C(=O)O)N(C=O)C(=O)/C=C\C(=O)O. The minimum Gasteiger partial charge on any atom is -0.478 e. The van der Waals surface area contributed by atoms with Crippen LogP contribution in [0.25, 0.3) is 0 Å². The van der Waals surface area contributed by atoms with Crippen LogP contribution < -0.4 is 0 Å². The number of imide groups is 2. The Kier molecular flexibility index (Phi) is 7.47. The molecule has 0 aliphatic heterocycles. The number of aliphatic carboxylic acids is 2. The van der Waals surface area contributed by atoms with Crippen molar-refractivity contribution in [1.82, 2.24) is 10.0 Å². The minimum atomic E-state index is -1.48. The van der Waals surface area contributed by atoms with E-state index in [1.165, 1.54) is 6.92 Å². The third kappa shape index (κ3) is 5.77. The number of amides is 4. The molecule has 10 heteroatoms. The number of carbonyl (C=O) groups is 6. The van der Waals surface area contributed by atoms with E-state index in [9.17, 15) is 28.8 Å². The number of carbonyl (C=O) groups excluding carboxylic acids is 4. The Morgan fingerprint density at radius 1 is 0.864 bits per heavy atom. The maximum absolute atomic E-state index is 11.8. The molecule has 10 nitrogen and oxygen atoms in total. The Morgan fingerprint density at radius 3 is 1.68 bits per heavy atom. The number of hydrogen-bond acceptors (Lipinski definition) is 6. The summed E-state index contributed by atoms with van der Waals surface area (Å²) in [6.07, 6.45) is 1.31. The second-order valence-corrected chi connectivity index (χ2v) is 3.53. The molecule has 2 N–H and O–H groups in total. The molecular formula is C12H12N2O8. The molecule has 0 bridgehead atoms. The average molecular weight is 312 g/mol.